The van der Waals surface area contributed by atoms with Crippen LogP contribution in [-0.4, -0.2) is 0 Å². The molecule has 8 aromatic carbocycles. The Morgan fingerprint density at radius 3 is 1.44 bits per heavy atom. The molecule has 2 nitrogen and oxygen atoms in total. The molecule has 0 heterocycles. The van der Waals surface area contributed by atoms with Crippen LogP contribution in [0.4, 0.5) is 34.1 Å². The third-order valence-corrected chi connectivity index (χ3v) is 9.25. The average Bonchev–Trinajstić information content (AvgIpc) is 3.13. The van der Waals surface area contributed by atoms with Gasteiger partial charge in [-0.15, -0.1) is 0 Å². The van der Waals surface area contributed by atoms with Crippen molar-refractivity contribution >= 4 is 55.7 Å². The van der Waals surface area contributed by atoms with E-state index in [-0.39, 0.29) is 0 Å². The number of rotatable bonds is 7. The van der Waals surface area contributed by atoms with Crippen molar-refractivity contribution < 1.29 is 0 Å². The van der Waals surface area contributed by atoms with E-state index in [1.54, 1.807) is 0 Å². The van der Waals surface area contributed by atoms with Crippen LogP contribution in [0.1, 0.15) is 11.1 Å². The van der Waals surface area contributed by atoms with Crippen molar-refractivity contribution in [2.24, 2.45) is 0 Å². The van der Waals surface area contributed by atoms with Crippen molar-refractivity contribution in [3.8, 4) is 11.1 Å². The Morgan fingerprint density at radius 1 is 0.312 bits per heavy atom. The quantitative estimate of drug-likeness (QED) is 0.176. The second-order valence-corrected chi connectivity index (χ2v) is 12.4. The highest BCUT2D eigenvalue weighted by Gasteiger charge is 2.18. The third-order valence-electron chi connectivity index (χ3n) is 9.25. The average molecular weight is 617 g/mol. The van der Waals surface area contributed by atoms with Gasteiger partial charge in [-0.2, -0.15) is 0 Å². The van der Waals surface area contributed by atoms with Crippen LogP contribution in [-0.2, 0) is 0 Å². The molecule has 0 spiro atoms. The molecule has 0 aliphatic rings. The second kappa shape index (κ2) is 12.6. The first-order valence-electron chi connectivity index (χ1n) is 16.5. The molecule has 0 aliphatic carbocycles. The van der Waals surface area contributed by atoms with E-state index < -0.39 is 0 Å². The lowest BCUT2D eigenvalue weighted by molar-refractivity contribution is 1.27. The molecule has 48 heavy (non-hydrogen) atoms. The lowest BCUT2D eigenvalue weighted by Crippen LogP contribution is -2.11. The van der Waals surface area contributed by atoms with Gasteiger partial charge in [-0.05, 0) is 119 Å². The van der Waals surface area contributed by atoms with Crippen LogP contribution in [0.5, 0.6) is 0 Å². The number of para-hydroxylation sites is 2. The highest BCUT2D eigenvalue weighted by molar-refractivity contribution is 5.99. The van der Waals surface area contributed by atoms with Gasteiger partial charge < -0.3 is 9.80 Å². The maximum atomic E-state index is 2.37. The lowest BCUT2D eigenvalue weighted by atomic mass is 9.95. The van der Waals surface area contributed by atoms with Crippen LogP contribution in [0.3, 0.4) is 0 Å². The summed E-state index contributed by atoms with van der Waals surface area (Å²) in [5.41, 5.74) is 11.8. The first-order valence-corrected chi connectivity index (χ1v) is 16.5. The Labute approximate surface area is 282 Å². The summed E-state index contributed by atoms with van der Waals surface area (Å²) in [5, 5.41) is 4.93. The van der Waals surface area contributed by atoms with Crippen LogP contribution in [0.2, 0.25) is 0 Å². The maximum Gasteiger partial charge on any atom is 0.0540 e. The molecule has 8 rings (SSSR count). The van der Waals surface area contributed by atoms with Crippen LogP contribution < -0.4 is 9.80 Å². The van der Waals surface area contributed by atoms with E-state index in [2.05, 4.69) is 206 Å². The molecule has 0 unspecified atom stereocenters. The van der Waals surface area contributed by atoms with E-state index in [1.165, 1.54) is 49.5 Å². The van der Waals surface area contributed by atoms with E-state index in [9.17, 15) is 0 Å². The number of nitrogens with zero attached hydrogens (tertiary/aromatic N) is 2. The number of hydrogen-bond donors (Lipinski definition) is 0. The lowest BCUT2D eigenvalue weighted by Gasteiger charge is -2.28. The number of fused-ring (bicyclic) bond motifs is 2. The number of hydrogen-bond acceptors (Lipinski definition) is 2. The minimum Gasteiger partial charge on any atom is -0.310 e. The van der Waals surface area contributed by atoms with Gasteiger partial charge in [-0.25, -0.2) is 0 Å². The molecule has 0 atom stereocenters. The highest BCUT2D eigenvalue weighted by Crippen LogP contribution is 2.42. The summed E-state index contributed by atoms with van der Waals surface area (Å²) in [5.74, 6) is 0. The fourth-order valence-corrected chi connectivity index (χ4v) is 6.93. The fourth-order valence-electron chi connectivity index (χ4n) is 6.93. The molecule has 0 saturated carbocycles. The van der Waals surface area contributed by atoms with Gasteiger partial charge in [0.2, 0.25) is 0 Å². The smallest absolute Gasteiger partial charge is 0.0540 e. The molecular formula is C46H36N2. The van der Waals surface area contributed by atoms with Crippen molar-refractivity contribution in [2.75, 3.05) is 9.80 Å². The van der Waals surface area contributed by atoms with Gasteiger partial charge in [-0.3, -0.25) is 0 Å². The van der Waals surface area contributed by atoms with E-state index in [0.29, 0.717) is 0 Å². The predicted molar refractivity (Wildman–Crippen MR) is 206 cm³/mol. The van der Waals surface area contributed by atoms with Gasteiger partial charge in [-0.1, -0.05) is 115 Å². The normalized spacial score (nSPS) is 11.1. The molecule has 0 bridgehead atoms. The summed E-state index contributed by atoms with van der Waals surface area (Å²) in [6.45, 7) is 4.45. The van der Waals surface area contributed by atoms with Gasteiger partial charge in [0, 0.05) is 33.8 Å². The monoisotopic (exact) mass is 616 g/mol. The van der Waals surface area contributed by atoms with Crippen molar-refractivity contribution in [1.29, 1.82) is 0 Å². The number of aryl methyl sites for hydroxylation is 2. The predicted octanol–water partition coefficient (Wildman–Crippen LogP) is 13.2. The first-order chi connectivity index (χ1) is 23.6. The van der Waals surface area contributed by atoms with Gasteiger partial charge in [0.15, 0.2) is 0 Å². The van der Waals surface area contributed by atoms with Crippen molar-refractivity contribution in [2.45, 2.75) is 13.8 Å². The van der Waals surface area contributed by atoms with Crippen molar-refractivity contribution in [3.05, 3.63) is 193 Å². The van der Waals surface area contributed by atoms with Crippen molar-refractivity contribution in [1.82, 2.24) is 0 Å². The van der Waals surface area contributed by atoms with Gasteiger partial charge in [0.1, 0.15) is 0 Å². The summed E-state index contributed by atoms with van der Waals surface area (Å²) in [4.78, 5) is 4.72. The molecule has 0 fully saturated rings. The standard InChI is InChI=1S/C46H36N2/c1-33-30-40(47(38-18-5-3-6-19-38)42-25-24-35-14-9-10-16-37(35)32-42)26-28-43(33)44-29-27-41(31-34(44)2)48(39-20-7-4-8-21-39)46-23-13-17-36-15-11-12-22-45(36)46/h3-32H,1-2H3. The Kier molecular flexibility index (Phi) is 7.68. The summed E-state index contributed by atoms with van der Waals surface area (Å²) in [6, 6.07) is 65.4. The van der Waals surface area contributed by atoms with Gasteiger partial charge in [0.05, 0.1) is 5.69 Å². The molecule has 0 amide bonds. The first kappa shape index (κ1) is 29.3. The molecule has 0 aromatic heterocycles. The zero-order valence-electron chi connectivity index (χ0n) is 27.2. The summed E-state index contributed by atoms with van der Waals surface area (Å²) >= 11 is 0. The Bertz CT molecular complexity index is 2370. The SMILES string of the molecule is Cc1cc(N(c2ccccc2)c2ccc3ccccc3c2)ccc1-c1ccc(N(c2ccccc2)c2cccc3ccccc23)cc1C. The van der Waals surface area contributed by atoms with Crippen molar-refractivity contribution in [3.63, 3.8) is 0 Å². The summed E-state index contributed by atoms with van der Waals surface area (Å²) in [7, 11) is 0. The number of benzene rings is 8. The highest BCUT2D eigenvalue weighted by atomic mass is 15.1. The second-order valence-electron chi connectivity index (χ2n) is 12.4. The number of anilines is 6. The molecule has 0 aliphatic heterocycles. The van der Waals surface area contributed by atoms with Gasteiger partial charge in [0.25, 0.3) is 0 Å². The molecule has 8 aromatic rings. The van der Waals surface area contributed by atoms with Crippen LogP contribution in [0.25, 0.3) is 32.7 Å². The van der Waals surface area contributed by atoms with E-state index >= 15 is 0 Å². The largest absolute Gasteiger partial charge is 0.310 e. The van der Waals surface area contributed by atoms with Crippen LogP contribution in [0.15, 0.2) is 182 Å². The molecular weight excluding hydrogens is 581 g/mol. The summed E-state index contributed by atoms with van der Waals surface area (Å²) < 4.78 is 0. The van der Waals surface area contributed by atoms with Gasteiger partial charge >= 0.3 is 0 Å². The minimum absolute atomic E-state index is 1.13. The molecule has 2 heteroatoms. The topological polar surface area (TPSA) is 6.48 Å². The van der Waals surface area contributed by atoms with E-state index in [4.69, 9.17) is 0 Å². The maximum absolute atomic E-state index is 2.37. The third kappa shape index (κ3) is 5.48. The Hall–Kier alpha value is -6.12. The molecule has 0 radical (unpaired) electrons. The summed E-state index contributed by atoms with van der Waals surface area (Å²) in [6.07, 6.45) is 0. The van der Waals surface area contributed by atoms with E-state index in [1.807, 2.05) is 0 Å². The van der Waals surface area contributed by atoms with Crippen LogP contribution >= 0.6 is 0 Å². The zero-order chi connectivity index (χ0) is 32.5. The molecule has 0 saturated heterocycles. The van der Waals surface area contributed by atoms with Crippen LogP contribution in [0, 0.1) is 13.8 Å². The van der Waals surface area contributed by atoms with E-state index in [0.717, 1.165) is 28.4 Å². The molecule has 0 N–H and O–H groups in total. The minimum atomic E-state index is 1.13. The Morgan fingerprint density at radius 2 is 0.792 bits per heavy atom. The molecule has 230 valence electrons. The Balaban J connectivity index is 1.19. The zero-order valence-corrected chi connectivity index (χ0v) is 27.2. The fraction of sp³-hybridized carbons (Fsp3) is 0.0435.